The van der Waals surface area contributed by atoms with Gasteiger partial charge in [0.2, 0.25) is 12.7 Å². The molecule has 1 saturated heterocycles. The Bertz CT molecular complexity index is 891. The number of aromatic amines is 1. The van der Waals surface area contributed by atoms with Crippen molar-refractivity contribution in [3.05, 3.63) is 44.8 Å². The molecule has 0 radical (unpaired) electrons. The van der Waals surface area contributed by atoms with E-state index in [0.717, 1.165) is 49.5 Å². The number of hydrogen-bond donors (Lipinski definition) is 1. The Labute approximate surface area is 162 Å². The maximum Gasteiger partial charge on any atom is 0.252 e. The molecule has 0 atom stereocenters. The van der Waals surface area contributed by atoms with Crippen LogP contribution in [-0.2, 0) is 6.54 Å². The van der Waals surface area contributed by atoms with Crippen molar-refractivity contribution >= 4 is 17.5 Å². The molecule has 1 aromatic heterocycles. The molecule has 0 saturated carbocycles. The first-order valence-corrected chi connectivity index (χ1v) is 9.46. The van der Waals surface area contributed by atoms with E-state index in [2.05, 4.69) is 14.9 Å². The van der Waals surface area contributed by atoms with Crippen LogP contribution in [0.25, 0.3) is 0 Å². The van der Waals surface area contributed by atoms with Crippen molar-refractivity contribution in [1.82, 2.24) is 14.9 Å². The second-order valence-electron chi connectivity index (χ2n) is 7.24. The van der Waals surface area contributed by atoms with Crippen molar-refractivity contribution in [2.45, 2.75) is 25.3 Å². The van der Waals surface area contributed by atoms with Crippen LogP contribution in [-0.4, -0.2) is 48.8 Å². The van der Waals surface area contributed by atoms with Crippen LogP contribution in [0.4, 0.5) is 5.95 Å². The van der Waals surface area contributed by atoms with Crippen LogP contribution < -0.4 is 19.9 Å². The van der Waals surface area contributed by atoms with E-state index in [1.165, 1.54) is 0 Å². The van der Waals surface area contributed by atoms with Crippen LogP contribution >= 0.6 is 11.6 Å². The molecule has 0 spiro atoms. The molecule has 3 heterocycles. The number of anilines is 1. The SMILES string of the molecule is CN(C)c1nc(C2CCN(Cc3cc4c(cc3Cl)OCO4)CC2)cc(=O)[nH]1. The summed E-state index contributed by atoms with van der Waals surface area (Å²) in [5, 5.41) is 0.702. The quantitative estimate of drug-likeness (QED) is 0.865. The first-order valence-electron chi connectivity index (χ1n) is 9.08. The maximum atomic E-state index is 11.9. The number of rotatable bonds is 4. The number of benzene rings is 1. The molecule has 1 N–H and O–H groups in total. The maximum absolute atomic E-state index is 11.9. The van der Waals surface area contributed by atoms with Crippen LogP contribution in [0.3, 0.4) is 0 Å². The third kappa shape index (κ3) is 3.89. The number of fused-ring (bicyclic) bond motifs is 1. The third-order valence-electron chi connectivity index (χ3n) is 5.11. The van der Waals surface area contributed by atoms with Gasteiger partial charge in [0.15, 0.2) is 11.5 Å². The van der Waals surface area contributed by atoms with E-state index in [1.54, 1.807) is 6.07 Å². The van der Waals surface area contributed by atoms with E-state index in [0.29, 0.717) is 22.6 Å². The first kappa shape index (κ1) is 18.1. The molecule has 7 nitrogen and oxygen atoms in total. The van der Waals surface area contributed by atoms with Crippen molar-refractivity contribution in [2.24, 2.45) is 0 Å². The highest BCUT2D eigenvalue weighted by Gasteiger charge is 2.24. The number of hydrogen-bond acceptors (Lipinski definition) is 6. The summed E-state index contributed by atoms with van der Waals surface area (Å²) in [5.74, 6) is 2.37. The third-order valence-corrected chi connectivity index (χ3v) is 5.47. The molecule has 2 aliphatic rings. The fourth-order valence-electron chi connectivity index (χ4n) is 3.59. The summed E-state index contributed by atoms with van der Waals surface area (Å²) >= 11 is 6.40. The van der Waals surface area contributed by atoms with Gasteiger partial charge in [-0.25, -0.2) is 4.98 Å². The number of likely N-dealkylation sites (tertiary alicyclic amines) is 1. The van der Waals surface area contributed by atoms with Crippen LogP contribution in [0.1, 0.15) is 30.0 Å². The normalized spacial score (nSPS) is 17.3. The number of H-pyrrole nitrogens is 1. The van der Waals surface area contributed by atoms with Gasteiger partial charge in [-0.3, -0.25) is 14.7 Å². The average Bonchev–Trinajstić information content (AvgIpc) is 3.09. The van der Waals surface area contributed by atoms with E-state index in [1.807, 2.05) is 31.1 Å². The summed E-state index contributed by atoms with van der Waals surface area (Å²) in [5.41, 5.74) is 1.82. The zero-order valence-corrected chi connectivity index (χ0v) is 16.3. The molecule has 2 aliphatic heterocycles. The molecular formula is C19H23ClN4O3. The van der Waals surface area contributed by atoms with Gasteiger partial charge >= 0.3 is 0 Å². The highest BCUT2D eigenvalue weighted by molar-refractivity contribution is 6.31. The summed E-state index contributed by atoms with van der Waals surface area (Å²) in [6.07, 6.45) is 1.93. The Balaban J connectivity index is 1.42. The Hall–Kier alpha value is -2.25. The number of ether oxygens (including phenoxy) is 2. The highest BCUT2D eigenvalue weighted by Crippen LogP contribution is 2.37. The summed E-state index contributed by atoms with van der Waals surface area (Å²) in [4.78, 5) is 23.5. The smallest absolute Gasteiger partial charge is 0.252 e. The topological polar surface area (TPSA) is 70.7 Å². The molecule has 2 aromatic rings. The van der Waals surface area contributed by atoms with Gasteiger partial charge in [-0.15, -0.1) is 0 Å². The Kier molecular flexibility index (Phi) is 4.97. The molecule has 1 fully saturated rings. The minimum absolute atomic E-state index is 0.0988. The largest absolute Gasteiger partial charge is 0.454 e. The lowest BCUT2D eigenvalue weighted by Gasteiger charge is -2.32. The Morgan fingerprint density at radius 2 is 1.93 bits per heavy atom. The van der Waals surface area contributed by atoms with Crippen molar-refractivity contribution in [1.29, 1.82) is 0 Å². The lowest BCUT2D eigenvalue weighted by molar-refractivity contribution is 0.173. The fourth-order valence-corrected chi connectivity index (χ4v) is 3.81. The van der Waals surface area contributed by atoms with Gasteiger partial charge < -0.3 is 14.4 Å². The van der Waals surface area contributed by atoms with Crippen molar-refractivity contribution in [3.63, 3.8) is 0 Å². The van der Waals surface area contributed by atoms with E-state index in [-0.39, 0.29) is 12.4 Å². The van der Waals surface area contributed by atoms with Crippen LogP contribution in [0, 0.1) is 0 Å². The Morgan fingerprint density at radius 3 is 2.63 bits per heavy atom. The zero-order chi connectivity index (χ0) is 19.0. The van der Waals surface area contributed by atoms with Gasteiger partial charge in [-0.05, 0) is 37.6 Å². The second-order valence-corrected chi connectivity index (χ2v) is 7.64. The predicted octanol–water partition coefficient (Wildman–Crippen LogP) is 2.60. The van der Waals surface area contributed by atoms with Crippen LogP contribution in [0.2, 0.25) is 5.02 Å². The van der Waals surface area contributed by atoms with Crippen molar-refractivity contribution in [2.75, 3.05) is 38.9 Å². The predicted molar refractivity (Wildman–Crippen MR) is 104 cm³/mol. The lowest BCUT2D eigenvalue weighted by Crippen LogP contribution is -2.33. The van der Waals surface area contributed by atoms with Crippen molar-refractivity contribution < 1.29 is 9.47 Å². The lowest BCUT2D eigenvalue weighted by atomic mass is 9.93. The number of halogens is 1. The average molecular weight is 391 g/mol. The van der Waals surface area contributed by atoms with Gasteiger partial charge in [0.1, 0.15) is 0 Å². The molecule has 0 bridgehead atoms. The molecule has 27 heavy (non-hydrogen) atoms. The summed E-state index contributed by atoms with van der Waals surface area (Å²) < 4.78 is 10.8. The second kappa shape index (κ2) is 7.40. The number of aromatic nitrogens is 2. The number of nitrogens with one attached hydrogen (secondary N) is 1. The van der Waals surface area contributed by atoms with Gasteiger partial charge in [0, 0.05) is 43.7 Å². The van der Waals surface area contributed by atoms with Gasteiger partial charge in [0.05, 0.1) is 5.69 Å². The number of piperidine rings is 1. The monoisotopic (exact) mass is 390 g/mol. The summed E-state index contributed by atoms with van der Waals surface area (Å²) in [6, 6.07) is 5.43. The molecule has 4 rings (SSSR count). The summed E-state index contributed by atoms with van der Waals surface area (Å²) in [6.45, 7) is 2.88. The number of nitrogens with zero attached hydrogens (tertiary/aromatic N) is 3. The molecule has 144 valence electrons. The fraction of sp³-hybridized carbons (Fsp3) is 0.474. The van der Waals surface area contributed by atoms with E-state index < -0.39 is 0 Å². The van der Waals surface area contributed by atoms with Crippen LogP contribution in [0.5, 0.6) is 11.5 Å². The van der Waals surface area contributed by atoms with E-state index in [4.69, 9.17) is 21.1 Å². The molecule has 1 aromatic carbocycles. The molecule has 0 aliphatic carbocycles. The molecular weight excluding hydrogens is 368 g/mol. The Morgan fingerprint density at radius 1 is 1.22 bits per heavy atom. The van der Waals surface area contributed by atoms with Gasteiger partial charge in [-0.2, -0.15) is 0 Å². The van der Waals surface area contributed by atoms with E-state index in [9.17, 15) is 4.79 Å². The van der Waals surface area contributed by atoms with Gasteiger partial charge in [0.25, 0.3) is 5.56 Å². The summed E-state index contributed by atoms with van der Waals surface area (Å²) in [7, 11) is 3.75. The standard InChI is InChI=1S/C19H23ClN4O3/c1-23(2)19-21-15(9-18(25)22-19)12-3-5-24(6-4-12)10-13-7-16-17(8-14(13)20)27-11-26-16/h7-9,12H,3-6,10-11H2,1-2H3,(H,21,22,25). The molecule has 0 amide bonds. The van der Waals surface area contributed by atoms with Gasteiger partial charge in [-0.1, -0.05) is 11.6 Å². The van der Waals surface area contributed by atoms with Crippen LogP contribution in [0.15, 0.2) is 23.0 Å². The molecule has 0 unspecified atom stereocenters. The molecule has 8 heteroatoms. The minimum atomic E-state index is -0.0988. The van der Waals surface area contributed by atoms with E-state index >= 15 is 0 Å². The first-order chi connectivity index (χ1) is 13.0. The highest BCUT2D eigenvalue weighted by atomic mass is 35.5. The van der Waals surface area contributed by atoms with Crippen molar-refractivity contribution in [3.8, 4) is 11.5 Å². The minimum Gasteiger partial charge on any atom is -0.454 e. The zero-order valence-electron chi connectivity index (χ0n) is 15.5.